The van der Waals surface area contributed by atoms with Crippen LogP contribution in [-0.2, 0) is 0 Å². The molecule has 3 nitrogen and oxygen atoms in total. The summed E-state index contributed by atoms with van der Waals surface area (Å²) in [6.07, 6.45) is 0.300. The van der Waals surface area contributed by atoms with E-state index in [0.717, 1.165) is 6.54 Å². The predicted molar refractivity (Wildman–Crippen MR) is 32.6 cm³/mol. The van der Waals surface area contributed by atoms with Gasteiger partial charge in [-0.15, -0.1) is 0 Å². The highest BCUT2D eigenvalue weighted by Crippen LogP contribution is 2.08. The van der Waals surface area contributed by atoms with E-state index in [-0.39, 0.29) is 5.92 Å². The third-order valence-corrected chi connectivity index (χ3v) is 1.61. The largest absolute Gasteiger partial charge is 0.392 e. The molecule has 0 bridgehead atoms. The van der Waals surface area contributed by atoms with Gasteiger partial charge >= 0.3 is 0 Å². The minimum atomic E-state index is -0.406. The Morgan fingerprint density at radius 3 is 2.89 bits per heavy atom. The fourth-order valence-electron chi connectivity index (χ4n) is 0.976. The van der Waals surface area contributed by atoms with Crippen LogP contribution in [0.25, 0.3) is 0 Å². The van der Waals surface area contributed by atoms with Gasteiger partial charge in [-0.05, 0) is 13.0 Å². The molecule has 3 heteroatoms. The Balaban J connectivity index is 2.41. The van der Waals surface area contributed by atoms with Crippen molar-refractivity contribution in [1.29, 1.82) is 5.26 Å². The van der Waals surface area contributed by atoms with Crippen LogP contribution in [0.5, 0.6) is 0 Å². The first-order valence-corrected chi connectivity index (χ1v) is 3.13. The molecular weight excluding hydrogens is 116 g/mol. The molecule has 0 aromatic carbocycles. The van der Waals surface area contributed by atoms with Crippen LogP contribution in [0.4, 0.5) is 0 Å². The normalized spacial score (nSPS) is 35.6. The number of aliphatic hydroxyl groups excluding tert-OH is 1. The minimum Gasteiger partial charge on any atom is -0.392 e. The van der Waals surface area contributed by atoms with Crippen molar-refractivity contribution in [2.45, 2.75) is 12.5 Å². The van der Waals surface area contributed by atoms with Crippen molar-refractivity contribution in [2.75, 3.05) is 13.1 Å². The molecule has 0 aromatic rings. The number of nitrogens with zero attached hydrogens (tertiary/aromatic N) is 1. The van der Waals surface area contributed by atoms with E-state index in [2.05, 4.69) is 5.32 Å². The SMILES string of the molecule is N#C[C@H]1CNCC[C@@H]1O. The molecule has 1 aliphatic rings. The van der Waals surface area contributed by atoms with Crippen LogP contribution in [0, 0.1) is 17.2 Å². The van der Waals surface area contributed by atoms with Crippen molar-refractivity contribution in [2.24, 2.45) is 5.92 Å². The Hall–Kier alpha value is -0.590. The molecule has 0 unspecified atom stereocenters. The average Bonchev–Trinajstić information content (AvgIpc) is 1.89. The monoisotopic (exact) mass is 126 g/mol. The highest BCUT2D eigenvalue weighted by atomic mass is 16.3. The molecule has 0 aliphatic carbocycles. The van der Waals surface area contributed by atoms with Crippen molar-refractivity contribution < 1.29 is 5.11 Å². The van der Waals surface area contributed by atoms with Gasteiger partial charge in [0.1, 0.15) is 0 Å². The molecule has 0 saturated carbocycles. The summed E-state index contributed by atoms with van der Waals surface area (Å²) in [6.45, 7) is 1.47. The molecule has 1 heterocycles. The maximum atomic E-state index is 9.11. The first kappa shape index (κ1) is 6.53. The third kappa shape index (κ3) is 1.41. The number of nitrogens with one attached hydrogen (secondary N) is 1. The first-order chi connectivity index (χ1) is 4.34. The molecule has 50 valence electrons. The summed E-state index contributed by atoms with van der Waals surface area (Å²) in [7, 11) is 0. The molecule has 9 heavy (non-hydrogen) atoms. The summed E-state index contributed by atoms with van der Waals surface area (Å²) in [5.41, 5.74) is 0. The van der Waals surface area contributed by atoms with Gasteiger partial charge in [-0.25, -0.2) is 0 Å². The fraction of sp³-hybridized carbons (Fsp3) is 0.833. The quantitative estimate of drug-likeness (QED) is 0.459. The summed E-state index contributed by atoms with van der Waals surface area (Å²) in [5, 5.41) is 20.6. The third-order valence-electron chi connectivity index (χ3n) is 1.61. The second-order valence-corrected chi connectivity index (χ2v) is 2.30. The van der Waals surface area contributed by atoms with Gasteiger partial charge in [0, 0.05) is 6.54 Å². The lowest BCUT2D eigenvalue weighted by molar-refractivity contribution is 0.105. The van der Waals surface area contributed by atoms with Crippen LogP contribution >= 0.6 is 0 Å². The Labute approximate surface area is 54.3 Å². The Bertz CT molecular complexity index is 130. The lowest BCUT2D eigenvalue weighted by Gasteiger charge is -2.22. The standard InChI is InChI=1S/C6H10N2O/c7-3-5-4-8-2-1-6(5)9/h5-6,8-9H,1-2,4H2/t5-,6-/m0/s1. The molecule has 0 radical (unpaired) electrons. The van der Waals surface area contributed by atoms with Crippen LogP contribution in [0.15, 0.2) is 0 Å². The maximum Gasteiger partial charge on any atom is 0.0847 e. The maximum absolute atomic E-state index is 9.11. The molecule has 0 spiro atoms. The van der Waals surface area contributed by atoms with Gasteiger partial charge in [-0.1, -0.05) is 0 Å². The molecular formula is C6H10N2O. The van der Waals surface area contributed by atoms with E-state index < -0.39 is 6.10 Å². The van der Waals surface area contributed by atoms with Crippen LogP contribution in [-0.4, -0.2) is 24.3 Å². The minimum absolute atomic E-state index is 0.196. The number of hydrogen-bond donors (Lipinski definition) is 2. The number of aliphatic hydroxyl groups is 1. The number of piperidine rings is 1. The van der Waals surface area contributed by atoms with Gasteiger partial charge in [0.05, 0.1) is 18.1 Å². The van der Waals surface area contributed by atoms with Crippen LogP contribution in [0.1, 0.15) is 6.42 Å². The van der Waals surface area contributed by atoms with Crippen LogP contribution in [0.2, 0.25) is 0 Å². The smallest absolute Gasteiger partial charge is 0.0847 e. The molecule has 1 fully saturated rings. The molecule has 1 aliphatic heterocycles. The van der Waals surface area contributed by atoms with E-state index in [1.165, 1.54) is 0 Å². The van der Waals surface area contributed by atoms with Gasteiger partial charge in [-0.3, -0.25) is 0 Å². The van der Waals surface area contributed by atoms with Gasteiger partial charge < -0.3 is 10.4 Å². The van der Waals surface area contributed by atoms with Crippen molar-refractivity contribution in [3.8, 4) is 6.07 Å². The van der Waals surface area contributed by atoms with Gasteiger partial charge in [-0.2, -0.15) is 5.26 Å². The van der Waals surface area contributed by atoms with E-state index >= 15 is 0 Å². The number of nitriles is 1. The molecule has 2 atom stereocenters. The van der Waals surface area contributed by atoms with E-state index in [4.69, 9.17) is 10.4 Å². The highest BCUT2D eigenvalue weighted by molar-refractivity contribution is 4.92. The fourth-order valence-corrected chi connectivity index (χ4v) is 0.976. The second kappa shape index (κ2) is 2.81. The molecule has 1 rings (SSSR count). The van der Waals surface area contributed by atoms with Crippen molar-refractivity contribution >= 4 is 0 Å². The van der Waals surface area contributed by atoms with Crippen molar-refractivity contribution in [3.05, 3.63) is 0 Å². The predicted octanol–water partition coefficient (Wildman–Crippen LogP) is -0.520. The van der Waals surface area contributed by atoms with Crippen LogP contribution in [0.3, 0.4) is 0 Å². The lowest BCUT2D eigenvalue weighted by atomic mass is 9.98. The zero-order valence-corrected chi connectivity index (χ0v) is 5.17. The summed E-state index contributed by atoms with van der Waals surface area (Å²) < 4.78 is 0. The summed E-state index contributed by atoms with van der Waals surface area (Å²) in [6, 6.07) is 2.04. The topological polar surface area (TPSA) is 56.0 Å². The zero-order chi connectivity index (χ0) is 6.69. The Kier molecular flexibility index (Phi) is 2.04. The van der Waals surface area contributed by atoms with Crippen molar-refractivity contribution in [3.63, 3.8) is 0 Å². The summed E-state index contributed by atoms with van der Waals surface area (Å²) in [5.74, 6) is -0.196. The molecule has 0 amide bonds. The summed E-state index contributed by atoms with van der Waals surface area (Å²) in [4.78, 5) is 0. The molecule has 2 N–H and O–H groups in total. The summed E-state index contributed by atoms with van der Waals surface area (Å²) >= 11 is 0. The van der Waals surface area contributed by atoms with Gasteiger partial charge in [0.25, 0.3) is 0 Å². The molecule has 0 aromatic heterocycles. The van der Waals surface area contributed by atoms with Gasteiger partial charge in [0.15, 0.2) is 0 Å². The van der Waals surface area contributed by atoms with E-state index in [0.29, 0.717) is 13.0 Å². The van der Waals surface area contributed by atoms with Gasteiger partial charge in [0.2, 0.25) is 0 Å². The first-order valence-electron chi connectivity index (χ1n) is 3.13. The molecule has 1 saturated heterocycles. The van der Waals surface area contributed by atoms with E-state index in [9.17, 15) is 0 Å². The Morgan fingerprint density at radius 1 is 1.67 bits per heavy atom. The average molecular weight is 126 g/mol. The van der Waals surface area contributed by atoms with E-state index in [1.54, 1.807) is 0 Å². The lowest BCUT2D eigenvalue weighted by Crippen LogP contribution is -2.38. The second-order valence-electron chi connectivity index (χ2n) is 2.30. The zero-order valence-electron chi connectivity index (χ0n) is 5.17. The highest BCUT2D eigenvalue weighted by Gasteiger charge is 2.21. The number of hydrogen-bond acceptors (Lipinski definition) is 3. The van der Waals surface area contributed by atoms with Crippen molar-refractivity contribution in [1.82, 2.24) is 5.32 Å². The number of rotatable bonds is 0. The van der Waals surface area contributed by atoms with E-state index in [1.807, 2.05) is 6.07 Å². The van der Waals surface area contributed by atoms with Crippen LogP contribution < -0.4 is 5.32 Å². The Morgan fingerprint density at radius 2 is 2.44 bits per heavy atom.